The van der Waals surface area contributed by atoms with Crippen LogP contribution in [0.2, 0.25) is 0 Å². The van der Waals surface area contributed by atoms with E-state index in [2.05, 4.69) is 21.2 Å². The first-order valence-electron chi connectivity index (χ1n) is 5.99. The van der Waals surface area contributed by atoms with Crippen LogP contribution in [-0.2, 0) is 0 Å². The van der Waals surface area contributed by atoms with E-state index in [4.69, 9.17) is 0 Å². The number of rotatable bonds is 4. The molecule has 4 heteroatoms. The van der Waals surface area contributed by atoms with Crippen LogP contribution in [0.4, 0.5) is 10.1 Å². The monoisotopic (exact) mass is 323 g/mol. The van der Waals surface area contributed by atoms with Gasteiger partial charge in [-0.1, -0.05) is 39.7 Å². The molecule has 0 saturated carbocycles. The number of benzene rings is 2. The first-order chi connectivity index (χ1) is 9.10. The molecular weight excluding hydrogens is 309 g/mol. The lowest BCUT2D eigenvalue weighted by molar-refractivity contribution is 0.274. The lowest BCUT2D eigenvalue weighted by atomic mass is 10.1. The van der Waals surface area contributed by atoms with Crippen LogP contribution in [0.1, 0.15) is 17.2 Å². The van der Waals surface area contributed by atoms with Crippen LogP contribution < -0.4 is 5.32 Å². The summed E-state index contributed by atoms with van der Waals surface area (Å²) >= 11 is 3.22. The molecule has 2 rings (SSSR count). The number of aliphatic hydroxyl groups excluding tert-OH is 1. The fourth-order valence-corrected chi connectivity index (χ4v) is 2.19. The molecule has 0 amide bonds. The van der Waals surface area contributed by atoms with Gasteiger partial charge in [-0.3, -0.25) is 0 Å². The Morgan fingerprint density at radius 1 is 1.21 bits per heavy atom. The molecule has 0 spiro atoms. The zero-order valence-corrected chi connectivity index (χ0v) is 12.1. The molecule has 0 aliphatic carbocycles. The maximum absolute atomic E-state index is 13.9. The Hall–Kier alpha value is -1.39. The van der Waals surface area contributed by atoms with Crippen LogP contribution in [0.3, 0.4) is 0 Å². The summed E-state index contributed by atoms with van der Waals surface area (Å²) in [4.78, 5) is 0. The number of aliphatic hydroxyl groups is 1. The number of hydrogen-bond acceptors (Lipinski definition) is 2. The van der Waals surface area contributed by atoms with Crippen molar-refractivity contribution in [1.29, 1.82) is 0 Å². The van der Waals surface area contributed by atoms with Gasteiger partial charge >= 0.3 is 0 Å². The summed E-state index contributed by atoms with van der Waals surface area (Å²) in [5, 5.41) is 12.6. The average molecular weight is 324 g/mol. The van der Waals surface area contributed by atoms with E-state index < -0.39 is 6.04 Å². The molecule has 0 radical (unpaired) electrons. The van der Waals surface area contributed by atoms with Gasteiger partial charge in [-0.25, -0.2) is 4.39 Å². The molecule has 0 aliphatic rings. The Balaban J connectivity index is 2.22. The third-order valence-electron chi connectivity index (χ3n) is 2.91. The van der Waals surface area contributed by atoms with Crippen molar-refractivity contribution in [3.05, 3.63) is 63.9 Å². The normalized spacial score (nSPS) is 12.2. The molecule has 0 aromatic heterocycles. The fourth-order valence-electron chi connectivity index (χ4n) is 1.86. The zero-order chi connectivity index (χ0) is 13.8. The van der Waals surface area contributed by atoms with Gasteiger partial charge in [0.2, 0.25) is 0 Å². The van der Waals surface area contributed by atoms with Gasteiger partial charge in [0.1, 0.15) is 5.82 Å². The van der Waals surface area contributed by atoms with Crippen LogP contribution in [0.5, 0.6) is 0 Å². The van der Waals surface area contributed by atoms with Gasteiger partial charge in [0.15, 0.2) is 0 Å². The molecular formula is C15H15BrFNO. The molecule has 19 heavy (non-hydrogen) atoms. The molecule has 1 unspecified atom stereocenters. The van der Waals surface area contributed by atoms with Crippen molar-refractivity contribution < 1.29 is 9.50 Å². The Morgan fingerprint density at radius 2 is 1.89 bits per heavy atom. The van der Waals surface area contributed by atoms with Crippen molar-refractivity contribution in [2.45, 2.75) is 13.0 Å². The van der Waals surface area contributed by atoms with E-state index in [0.29, 0.717) is 10.0 Å². The van der Waals surface area contributed by atoms with E-state index in [9.17, 15) is 9.50 Å². The number of nitrogens with one attached hydrogen (secondary N) is 1. The SMILES string of the molecule is Cc1ccc(NC(CO)c2ccc(Br)cc2F)cc1. The molecule has 2 aromatic carbocycles. The van der Waals surface area contributed by atoms with Gasteiger partial charge in [0, 0.05) is 15.7 Å². The number of aryl methyl sites for hydroxylation is 1. The summed E-state index contributed by atoms with van der Waals surface area (Å²) in [7, 11) is 0. The van der Waals surface area contributed by atoms with Crippen molar-refractivity contribution in [2.75, 3.05) is 11.9 Å². The average Bonchev–Trinajstić information content (AvgIpc) is 2.39. The molecule has 2 N–H and O–H groups in total. The quantitative estimate of drug-likeness (QED) is 0.889. The molecule has 1 atom stereocenters. The minimum atomic E-state index is -0.462. The molecule has 0 heterocycles. The van der Waals surface area contributed by atoms with Crippen LogP contribution >= 0.6 is 15.9 Å². The highest BCUT2D eigenvalue weighted by molar-refractivity contribution is 9.10. The summed E-state index contributed by atoms with van der Waals surface area (Å²) in [6.07, 6.45) is 0. The molecule has 2 nitrogen and oxygen atoms in total. The van der Waals surface area contributed by atoms with Crippen molar-refractivity contribution >= 4 is 21.6 Å². The number of hydrogen-bond donors (Lipinski definition) is 2. The Morgan fingerprint density at radius 3 is 2.47 bits per heavy atom. The maximum Gasteiger partial charge on any atom is 0.129 e. The van der Waals surface area contributed by atoms with Gasteiger partial charge in [-0.15, -0.1) is 0 Å². The van der Waals surface area contributed by atoms with Crippen molar-refractivity contribution in [3.8, 4) is 0 Å². The summed E-state index contributed by atoms with van der Waals surface area (Å²) in [6.45, 7) is 1.83. The zero-order valence-electron chi connectivity index (χ0n) is 10.5. The summed E-state index contributed by atoms with van der Waals surface area (Å²) in [5.41, 5.74) is 2.46. The first kappa shape index (κ1) is 14.0. The summed E-state index contributed by atoms with van der Waals surface area (Å²) in [6, 6.07) is 12.1. The molecule has 0 aliphatic heterocycles. The van der Waals surface area contributed by atoms with E-state index in [1.54, 1.807) is 12.1 Å². The van der Waals surface area contributed by atoms with Gasteiger partial charge in [0.25, 0.3) is 0 Å². The Kier molecular flexibility index (Phi) is 4.56. The number of halogens is 2. The van der Waals surface area contributed by atoms with Crippen LogP contribution in [0.25, 0.3) is 0 Å². The van der Waals surface area contributed by atoms with E-state index in [1.165, 1.54) is 6.07 Å². The van der Waals surface area contributed by atoms with Gasteiger partial charge < -0.3 is 10.4 Å². The third kappa shape index (κ3) is 3.55. The van der Waals surface area contributed by atoms with Crippen molar-refractivity contribution in [3.63, 3.8) is 0 Å². The lowest BCUT2D eigenvalue weighted by Crippen LogP contribution is -2.16. The van der Waals surface area contributed by atoms with Crippen LogP contribution in [0.15, 0.2) is 46.9 Å². The number of anilines is 1. The predicted molar refractivity (Wildman–Crippen MR) is 78.7 cm³/mol. The highest BCUT2D eigenvalue weighted by atomic mass is 79.9. The molecule has 0 saturated heterocycles. The molecule has 0 bridgehead atoms. The molecule has 0 fully saturated rings. The predicted octanol–water partition coefficient (Wildman–Crippen LogP) is 4.04. The topological polar surface area (TPSA) is 32.3 Å². The standard InChI is InChI=1S/C15H15BrFNO/c1-10-2-5-12(6-3-10)18-15(9-19)13-7-4-11(16)8-14(13)17/h2-8,15,18-19H,9H2,1H3. The fraction of sp³-hybridized carbons (Fsp3) is 0.200. The molecule has 100 valence electrons. The van der Waals surface area contributed by atoms with Gasteiger partial charge in [0.05, 0.1) is 12.6 Å². The van der Waals surface area contributed by atoms with Crippen molar-refractivity contribution in [2.24, 2.45) is 0 Å². The first-order valence-corrected chi connectivity index (χ1v) is 6.78. The lowest BCUT2D eigenvalue weighted by Gasteiger charge is -2.19. The second kappa shape index (κ2) is 6.17. The summed E-state index contributed by atoms with van der Waals surface area (Å²) in [5.74, 6) is -0.340. The van der Waals surface area contributed by atoms with E-state index in [1.807, 2.05) is 31.2 Å². The van der Waals surface area contributed by atoms with Crippen LogP contribution in [0, 0.1) is 12.7 Å². The van der Waals surface area contributed by atoms with E-state index in [0.717, 1.165) is 11.3 Å². The summed E-state index contributed by atoms with van der Waals surface area (Å²) < 4.78 is 14.6. The van der Waals surface area contributed by atoms with Gasteiger partial charge in [-0.05, 0) is 31.2 Å². The smallest absolute Gasteiger partial charge is 0.129 e. The van der Waals surface area contributed by atoms with E-state index in [-0.39, 0.29) is 12.4 Å². The highest BCUT2D eigenvalue weighted by Gasteiger charge is 2.15. The third-order valence-corrected chi connectivity index (χ3v) is 3.41. The van der Waals surface area contributed by atoms with Gasteiger partial charge in [-0.2, -0.15) is 0 Å². The van der Waals surface area contributed by atoms with Crippen LogP contribution in [-0.4, -0.2) is 11.7 Å². The minimum absolute atomic E-state index is 0.174. The largest absolute Gasteiger partial charge is 0.394 e. The van der Waals surface area contributed by atoms with E-state index >= 15 is 0 Å². The highest BCUT2D eigenvalue weighted by Crippen LogP contribution is 2.24. The minimum Gasteiger partial charge on any atom is -0.394 e. The Bertz CT molecular complexity index is 557. The second-order valence-electron chi connectivity index (χ2n) is 4.41. The van der Waals surface area contributed by atoms with Crippen molar-refractivity contribution in [1.82, 2.24) is 0 Å². The second-order valence-corrected chi connectivity index (χ2v) is 5.33. The maximum atomic E-state index is 13.9. The molecule has 2 aromatic rings. The Labute approximate surface area is 120 Å².